The maximum atomic E-state index is 12.2. The summed E-state index contributed by atoms with van der Waals surface area (Å²) in [6.45, 7) is 9.86. The molecule has 1 aromatic carbocycles. The molecule has 3 N–H and O–H groups in total. The second-order valence-electron chi connectivity index (χ2n) is 6.95. The van der Waals surface area contributed by atoms with Crippen molar-refractivity contribution in [3.05, 3.63) is 47.3 Å². The van der Waals surface area contributed by atoms with Gasteiger partial charge in [-0.1, -0.05) is 18.2 Å². The number of aryl methyl sites for hydroxylation is 1. The maximum Gasteiger partial charge on any atom is 0.242 e. The molecule has 7 heteroatoms. The molecule has 6 nitrogen and oxygen atoms in total. The minimum atomic E-state index is -0.170. The van der Waals surface area contributed by atoms with Crippen LogP contribution in [0.15, 0.2) is 30.3 Å². The number of rotatable bonds is 3. The fraction of sp³-hybridized carbons (Fsp3) is 0.389. The quantitative estimate of drug-likeness (QED) is 0.580. The summed E-state index contributed by atoms with van der Waals surface area (Å²) < 4.78 is 1.86. The topological polar surface area (TPSA) is 71.0 Å². The zero-order valence-corrected chi connectivity index (χ0v) is 16.1. The van der Waals surface area contributed by atoms with Gasteiger partial charge < -0.3 is 5.32 Å². The van der Waals surface area contributed by atoms with Gasteiger partial charge in [0, 0.05) is 16.8 Å². The van der Waals surface area contributed by atoms with Gasteiger partial charge in [-0.05, 0) is 59.0 Å². The van der Waals surface area contributed by atoms with Crippen LogP contribution in [0.1, 0.15) is 37.7 Å². The smallest absolute Gasteiger partial charge is 0.242 e. The Morgan fingerprint density at radius 2 is 1.80 bits per heavy atom. The Kier molecular flexibility index (Phi) is 5.79. The number of amides is 1. The first-order valence-electron chi connectivity index (χ1n) is 8.15. The van der Waals surface area contributed by atoms with Gasteiger partial charge in [-0.25, -0.2) is 4.68 Å². The van der Waals surface area contributed by atoms with Gasteiger partial charge in [-0.15, -0.1) is 0 Å². The molecular weight excluding hydrogens is 334 g/mol. The summed E-state index contributed by atoms with van der Waals surface area (Å²) in [5.41, 5.74) is 8.87. The van der Waals surface area contributed by atoms with Gasteiger partial charge in [-0.2, -0.15) is 5.10 Å². The molecule has 0 saturated heterocycles. The number of para-hydroxylation sites is 1. The molecule has 0 spiro atoms. The molecule has 0 aliphatic carbocycles. The second kappa shape index (κ2) is 7.65. The Morgan fingerprint density at radius 3 is 2.40 bits per heavy atom. The third-order valence-electron chi connectivity index (χ3n) is 3.58. The van der Waals surface area contributed by atoms with Crippen LogP contribution >= 0.6 is 12.2 Å². The van der Waals surface area contributed by atoms with Crippen molar-refractivity contribution in [2.45, 2.75) is 46.6 Å². The number of aromatic nitrogens is 2. The van der Waals surface area contributed by atoms with Crippen LogP contribution in [-0.4, -0.2) is 26.3 Å². The van der Waals surface area contributed by atoms with Crippen molar-refractivity contribution >= 4 is 23.2 Å². The third-order valence-corrected chi connectivity index (χ3v) is 3.79. The summed E-state index contributed by atoms with van der Waals surface area (Å²) in [7, 11) is 0. The first-order valence-corrected chi connectivity index (χ1v) is 8.56. The molecule has 0 fully saturated rings. The Balaban J connectivity index is 2.02. The highest BCUT2D eigenvalue weighted by Gasteiger charge is 2.16. The van der Waals surface area contributed by atoms with Crippen LogP contribution in [0.5, 0.6) is 0 Å². The minimum absolute atomic E-state index is 0.168. The van der Waals surface area contributed by atoms with Crippen molar-refractivity contribution in [3.63, 3.8) is 0 Å². The highest BCUT2D eigenvalue weighted by molar-refractivity contribution is 7.80. The summed E-state index contributed by atoms with van der Waals surface area (Å²) >= 11 is 5.15. The molecule has 0 saturated carbocycles. The Hall–Kier alpha value is -2.41. The molecule has 134 valence electrons. The predicted molar refractivity (Wildman–Crippen MR) is 104 cm³/mol. The average molecular weight is 359 g/mol. The molecule has 2 rings (SSSR count). The van der Waals surface area contributed by atoms with E-state index in [9.17, 15) is 4.79 Å². The van der Waals surface area contributed by atoms with Gasteiger partial charge in [0.15, 0.2) is 5.11 Å². The van der Waals surface area contributed by atoms with Crippen LogP contribution in [0.3, 0.4) is 0 Å². The van der Waals surface area contributed by atoms with E-state index in [0.717, 1.165) is 22.6 Å². The molecule has 0 radical (unpaired) electrons. The summed E-state index contributed by atoms with van der Waals surface area (Å²) in [5, 5.41) is 8.01. The van der Waals surface area contributed by atoms with Crippen LogP contribution in [-0.2, 0) is 11.2 Å². The van der Waals surface area contributed by atoms with E-state index in [1.165, 1.54) is 0 Å². The van der Waals surface area contributed by atoms with Gasteiger partial charge >= 0.3 is 0 Å². The van der Waals surface area contributed by atoms with E-state index in [1.54, 1.807) is 0 Å². The zero-order chi connectivity index (χ0) is 18.6. The zero-order valence-electron chi connectivity index (χ0n) is 15.3. The van der Waals surface area contributed by atoms with E-state index in [-0.39, 0.29) is 17.9 Å². The van der Waals surface area contributed by atoms with Crippen molar-refractivity contribution in [2.75, 3.05) is 0 Å². The van der Waals surface area contributed by atoms with Crippen LogP contribution in [0, 0.1) is 13.8 Å². The molecule has 0 atom stereocenters. The van der Waals surface area contributed by atoms with Gasteiger partial charge in [0.05, 0.1) is 17.8 Å². The lowest BCUT2D eigenvalue weighted by atomic mass is 10.1. The van der Waals surface area contributed by atoms with Crippen molar-refractivity contribution in [3.8, 4) is 5.69 Å². The minimum Gasteiger partial charge on any atom is -0.357 e. The first-order chi connectivity index (χ1) is 11.7. The van der Waals surface area contributed by atoms with Gasteiger partial charge in [0.1, 0.15) is 0 Å². The number of nitrogens with one attached hydrogen (secondary N) is 3. The van der Waals surface area contributed by atoms with Crippen molar-refractivity contribution < 1.29 is 4.79 Å². The van der Waals surface area contributed by atoms with Crippen LogP contribution in [0.4, 0.5) is 0 Å². The molecule has 25 heavy (non-hydrogen) atoms. The molecule has 0 bridgehead atoms. The molecule has 0 aliphatic rings. The number of thiocarbonyl (C=S) groups is 1. The number of carbonyl (C=O) groups excluding carboxylic acids is 1. The highest BCUT2D eigenvalue weighted by Crippen LogP contribution is 2.18. The largest absolute Gasteiger partial charge is 0.357 e. The van der Waals surface area contributed by atoms with Crippen LogP contribution in [0.2, 0.25) is 0 Å². The first kappa shape index (κ1) is 18.9. The van der Waals surface area contributed by atoms with E-state index < -0.39 is 0 Å². The van der Waals surface area contributed by atoms with Crippen molar-refractivity contribution in [1.82, 2.24) is 25.9 Å². The Morgan fingerprint density at radius 1 is 1.16 bits per heavy atom. The van der Waals surface area contributed by atoms with E-state index in [0.29, 0.717) is 5.11 Å². The molecule has 2 aromatic rings. The number of hydrazine groups is 1. The lowest BCUT2D eigenvalue weighted by Crippen LogP contribution is -2.52. The lowest BCUT2D eigenvalue weighted by molar-refractivity contribution is -0.121. The number of benzene rings is 1. The van der Waals surface area contributed by atoms with E-state index in [1.807, 2.05) is 69.6 Å². The molecule has 1 heterocycles. The molecule has 0 unspecified atom stereocenters. The monoisotopic (exact) mass is 359 g/mol. The lowest BCUT2D eigenvalue weighted by Gasteiger charge is -2.23. The predicted octanol–water partition coefficient (Wildman–Crippen LogP) is 2.33. The molecule has 0 aliphatic heterocycles. The average Bonchev–Trinajstić information content (AvgIpc) is 2.80. The molecule has 1 aromatic heterocycles. The van der Waals surface area contributed by atoms with Gasteiger partial charge in [-0.3, -0.25) is 15.6 Å². The van der Waals surface area contributed by atoms with Crippen LogP contribution < -0.4 is 16.2 Å². The van der Waals surface area contributed by atoms with Crippen LogP contribution in [0.25, 0.3) is 5.69 Å². The Labute approximate surface area is 154 Å². The fourth-order valence-electron chi connectivity index (χ4n) is 2.45. The third kappa shape index (κ3) is 5.29. The number of hydrogen-bond donors (Lipinski definition) is 3. The van der Waals surface area contributed by atoms with E-state index in [2.05, 4.69) is 21.3 Å². The Bertz CT molecular complexity index is 762. The summed E-state index contributed by atoms with van der Waals surface area (Å²) in [6.07, 6.45) is 0.232. The van der Waals surface area contributed by atoms with Gasteiger partial charge in [0.25, 0.3) is 0 Å². The normalized spacial score (nSPS) is 11.1. The van der Waals surface area contributed by atoms with E-state index in [4.69, 9.17) is 12.2 Å². The summed E-state index contributed by atoms with van der Waals surface area (Å²) in [6, 6.07) is 9.86. The molecular formula is C18H25N5OS. The summed E-state index contributed by atoms with van der Waals surface area (Å²) in [5.74, 6) is -0.170. The maximum absolute atomic E-state index is 12.2. The highest BCUT2D eigenvalue weighted by atomic mass is 32.1. The number of nitrogens with zero attached hydrogens (tertiary/aromatic N) is 2. The molecule has 1 amide bonds. The standard InChI is InChI=1S/C18H25N5OS/c1-12-15(11-16(24)20-21-17(25)19-18(3,4)5)13(2)23(22-12)14-9-7-6-8-10-14/h6-10H,11H2,1-5H3,(H,20,24)(H2,19,21,25). The number of carbonyl (C=O) groups is 1. The second-order valence-corrected chi connectivity index (χ2v) is 7.36. The number of hydrogen-bond acceptors (Lipinski definition) is 3. The van der Waals surface area contributed by atoms with Crippen molar-refractivity contribution in [2.24, 2.45) is 0 Å². The van der Waals surface area contributed by atoms with Gasteiger partial charge in [0.2, 0.25) is 5.91 Å². The SMILES string of the molecule is Cc1nn(-c2ccccc2)c(C)c1CC(=O)NNC(=S)NC(C)(C)C. The summed E-state index contributed by atoms with van der Waals surface area (Å²) in [4.78, 5) is 12.2. The van der Waals surface area contributed by atoms with Crippen molar-refractivity contribution in [1.29, 1.82) is 0 Å². The fourth-order valence-corrected chi connectivity index (χ4v) is 2.81. The van der Waals surface area contributed by atoms with E-state index >= 15 is 0 Å².